The van der Waals surface area contributed by atoms with Crippen LogP contribution >= 0.6 is 0 Å². The molecule has 1 heterocycles. The number of likely N-dealkylation sites (tertiary alicyclic amines) is 1. The van der Waals surface area contributed by atoms with Crippen LogP contribution in [0, 0.1) is 11.8 Å². The van der Waals surface area contributed by atoms with Crippen LogP contribution in [-0.4, -0.2) is 35.2 Å². The highest BCUT2D eigenvalue weighted by atomic mass is 16.3. The van der Waals surface area contributed by atoms with Gasteiger partial charge in [-0.3, -0.25) is 0 Å². The molecule has 1 aromatic carbocycles. The third kappa shape index (κ3) is 4.73. The summed E-state index contributed by atoms with van der Waals surface area (Å²) >= 11 is 0. The Hall–Kier alpha value is -1.55. The SMILES string of the molecule is CCC(CC)C(NC(=O)N1CCC(C(C)O)CC1)c1ccccc1. The number of benzene rings is 1. The Bertz CT molecular complexity index is 492. The molecule has 2 unspecified atom stereocenters. The quantitative estimate of drug-likeness (QED) is 0.828. The molecule has 0 saturated carbocycles. The Kier molecular flexibility index (Phi) is 7.10. The minimum Gasteiger partial charge on any atom is -0.393 e. The number of nitrogens with zero attached hydrogens (tertiary/aromatic N) is 1. The van der Waals surface area contributed by atoms with E-state index in [2.05, 4.69) is 31.3 Å². The molecule has 24 heavy (non-hydrogen) atoms. The predicted octanol–water partition coefficient (Wildman–Crippen LogP) is 3.97. The van der Waals surface area contributed by atoms with Crippen molar-refractivity contribution in [1.82, 2.24) is 10.2 Å². The van der Waals surface area contributed by atoms with Crippen LogP contribution in [0.5, 0.6) is 0 Å². The first-order valence-corrected chi connectivity index (χ1v) is 9.35. The normalized spacial score (nSPS) is 18.5. The van der Waals surface area contributed by atoms with Crippen molar-refractivity contribution in [3.8, 4) is 0 Å². The van der Waals surface area contributed by atoms with Crippen LogP contribution in [0.25, 0.3) is 0 Å². The summed E-state index contributed by atoms with van der Waals surface area (Å²) in [6.45, 7) is 7.67. The van der Waals surface area contributed by atoms with E-state index in [-0.39, 0.29) is 18.2 Å². The van der Waals surface area contributed by atoms with Crippen molar-refractivity contribution in [1.29, 1.82) is 0 Å². The maximum Gasteiger partial charge on any atom is 0.317 e. The van der Waals surface area contributed by atoms with Gasteiger partial charge >= 0.3 is 6.03 Å². The molecule has 2 amide bonds. The number of aliphatic hydroxyl groups is 1. The van der Waals surface area contributed by atoms with Crippen molar-refractivity contribution >= 4 is 6.03 Å². The molecule has 1 aliphatic heterocycles. The summed E-state index contributed by atoms with van der Waals surface area (Å²) in [6, 6.07) is 10.4. The third-order valence-corrected chi connectivity index (χ3v) is 5.47. The topological polar surface area (TPSA) is 52.6 Å². The maximum absolute atomic E-state index is 12.7. The van der Waals surface area contributed by atoms with Gasteiger partial charge in [0.1, 0.15) is 0 Å². The van der Waals surface area contributed by atoms with Gasteiger partial charge in [-0.05, 0) is 37.2 Å². The Morgan fingerprint density at radius 3 is 2.29 bits per heavy atom. The van der Waals surface area contributed by atoms with Crippen molar-refractivity contribution in [3.63, 3.8) is 0 Å². The second kappa shape index (κ2) is 9.07. The standard InChI is InChI=1S/C20H32N2O2/c1-4-16(5-2)19(18-9-7-6-8-10-18)21-20(24)22-13-11-17(12-14-22)15(3)23/h6-10,15-17,19,23H,4-5,11-14H2,1-3H3,(H,21,24). The van der Waals surface area contributed by atoms with Gasteiger partial charge in [0.15, 0.2) is 0 Å². The van der Waals surface area contributed by atoms with E-state index in [1.165, 1.54) is 5.56 Å². The number of hydrogen-bond acceptors (Lipinski definition) is 2. The summed E-state index contributed by atoms with van der Waals surface area (Å²) in [6.07, 6.45) is 3.57. The monoisotopic (exact) mass is 332 g/mol. The molecule has 1 saturated heterocycles. The van der Waals surface area contributed by atoms with Gasteiger partial charge in [-0.2, -0.15) is 0 Å². The lowest BCUT2D eigenvalue weighted by Gasteiger charge is -2.35. The molecule has 0 radical (unpaired) electrons. The molecule has 2 atom stereocenters. The first kappa shape index (κ1) is 18.8. The van der Waals surface area contributed by atoms with Gasteiger partial charge in [0.05, 0.1) is 12.1 Å². The largest absolute Gasteiger partial charge is 0.393 e. The molecule has 1 fully saturated rings. The Labute approximate surface area is 146 Å². The summed E-state index contributed by atoms with van der Waals surface area (Å²) in [5.41, 5.74) is 1.18. The number of carbonyl (C=O) groups is 1. The fourth-order valence-corrected chi connectivity index (χ4v) is 3.70. The molecular weight excluding hydrogens is 300 g/mol. The zero-order valence-electron chi connectivity index (χ0n) is 15.2. The maximum atomic E-state index is 12.7. The lowest BCUT2D eigenvalue weighted by Crippen LogP contribution is -2.47. The molecule has 4 nitrogen and oxygen atoms in total. The predicted molar refractivity (Wildman–Crippen MR) is 97.8 cm³/mol. The van der Waals surface area contributed by atoms with E-state index in [1.54, 1.807) is 0 Å². The van der Waals surface area contributed by atoms with Gasteiger partial charge in [-0.1, -0.05) is 57.0 Å². The van der Waals surface area contributed by atoms with Crippen molar-refractivity contribution in [2.45, 2.75) is 58.6 Å². The number of rotatable bonds is 6. The van der Waals surface area contributed by atoms with Crippen molar-refractivity contribution < 1.29 is 9.90 Å². The number of amides is 2. The minimum absolute atomic E-state index is 0.0276. The number of piperidine rings is 1. The molecule has 2 rings (SSSR count). The van der Waals surface area contributed by atoms with Gasteiger partial charge in [0.25, 0.3) is 0 Å². The summed E-state index contributed by atoms with van der Waals surface area (Å²) in [5, 5.41) is 13.0. The molecule has 1 aliphatic rings. The summed E-state index contributed by atoms with van der Waals surface area (Å²) < 4.78 is 0. The van der Waals surface area contributed by atoms with Crippen LogP contribution in [0.3, 0.4) is 0 Å². The van der Waals surface area contributed by atoms with Gasteiger partial charge in [0, 0.05) is 13.1 Å². The molecule has 0 aliphatic carbocycles. The van der Waals surface area contributed by atoms with E-state index in [9.17, 15) is 9.90 Å². The number of aliphatic hydroxyl groups excluding tert-OH is 1. The molecule has 1 aromatic rings. The van der Waals surface area contributed by atoms with Gasteiger partial charge in [-0.15, -0.1) is 0 Å². The molecule has 0 aromatic heterocycles. The van der Waals surface area contributed by atoms with E-state index in [0.717, 1.165) is 38.8 Å². The van der Waals surface area contributed by atoms with Crippen LogP contribution in [0.1, 0.15) is 58.1 Å². The van der Waals surface area contributed by atoms with Gasteiger partial charge in [-0.25, -0.2) is 4.79 Å². The average Bonchev–Trinajstić information content (AvgIpc) is 2.62. The second-order valence-electron chi connectivity index (χ2n) is 6.98. The molecule has 0 spiro atoms. The third-order valence-electron chi connectivity index (χ3n) is 5.47. The Morgan fingerprint density at radius 1 is 1.21 bits per heavy atom. The Balaban J connectivity index is 2.03. The molecule has 4 heteroatoms. The number of carbonyl (C=O) groups excluding carboxylic acids is 1. The lowest BCUT2D eigenvalue weighted by atomic mass is 9.88. The number of nitrogens with one attached hydrogen (secondary N) is 1. The molecular formula is C20H32N2O2. The minimum atomic E-state index is -0.281. The van der Waals surface area contributed by atoms with Gasteiger partial charge in [0.2, 0.25) is 0 Å². The highest BCUT2D eigenvalue weighted by Crippen LogP contribution is 2.28. The van der Waals surface area contributed by atoms with Crippen LogP contribution in [0.15, 0.2) is 30.3 Å². The zero-order valence-corrected chi connectivity index (χ0v) is 15.2. The van der Waals surface area contributed by atoms with Crippen molar-refractivity contribution in [2.75, 3.05) is 13.1 Å². The van der Waals surface area contributed by atoms with E-state index >= 15 is 0 Å². The fraction of sp³-hybridized carbons (Fsp3) is 0.650. The lowest BCUT2D eigenvalue weighted by molar-refractivity contribution is 0.0787. The smallest absolute Gasteiger partial charge is 0.317 e. The number of urea groups is 1. The second-order valence-corrected chi connectivity index (χ2v) is 6.98. The van der Waals surface area contributed by atoms with Crippen LogP contribution in [-0.2, 0) is 0 Å². The first-order valence-electron chi connectivity index (χ1n) is 9.35. The Morgan fingerprint density at radius 2 is 1.79 bits per heavy atom. The highest BCUT2D eigenvalue weighted by molar-refractivity contribution is 5.74. The van der Waals surface area contributed by atoms with E-state index in [4.69, 9.17) is 0 Å². The van der Waals surface area contributed by atoms with E-state index in [1.807, 2.05) is 30.0 Å². The van der Waals surface area contributed by atoms with E-state index in [0.29, 0.717) is 11.8 Å². The van der Waals surface area contributed by atoms with Crippen LogP contribution < -0.4 is 5.32 Å². The van der Waals surface area contributed by atoms with Crippen molar-refractivity contribution in [2.24, 2.45) is 11.8 Å². The summed E-state index contributed by atoms with van der Waals surface area (Å²) in [7, 11) is 0. The van der Waals surface area contributed by atoms with Crippen molar-refractivity contribution in [3.05, 3.63) is 35.9 Å². The summed E-state index contributed by atoms with van der Waals surface area (Å²) in [5.74, 6) is 0.754. The molecule has 134 valence electrons. The average molecular weight is 332 g/mol. The fourth-order valence-electron chi connectivity index (χ4n) is 3.70. The first-order chi connectivity index (χ1) is 11.6. The molecule has 2 N–H and O–H groups in total. The number of hydrogen-bond donors (Lipinski definition) is 2. The molecule has 0 bridgehead atoms. The van der Waals surface area contributed by atoms with E-state index < -0.39 is 0 Å². The summed E-state index contributed by atoms with van der Waals surface area (Å²) in [4.78, 5) is 14.6. The zero-order chi connectivity index (χ0) is 17.5. The highest BCUT2D eigenvalue weighted by Gasteiger charge is 2.28. The van der Waals surface area contributed by atoms with Crippen LogP contribution in [0.4, 0.5) is 4.79 Å². The van der Waals surface area contributed by atoms with Gasteiger partial charge < -0.3 is 15.3 Å². The van der Waals surface area contributed by atoms with Crippen LogP contribution in [0.2, 0.25) is 0 Å².